The van der Waals surface area contributed by atoms with E-state index in [1.807, 2.05) is 24.3 Å². The van der Waals surface area contributed by atoms with E-state index in [0.29, 0.717) is 6.42 Å². The molecule has 4 rings (SSSR count). The highest BCUT2D eigenvalue weighted by molar-refractivity contribution is 6.02. The highest BCUT2D eigenvalue weighted by Gasteiger charge is 2.27. The van der Waals surface area contributed by atoms with Gasteiger partial charge in [-0.05, 0) is 47.7 Å². The first-order chi connectivity index (χ1) is 15.9. The second-order valence-corrected chi connectivity index (χ2v) is 8.80. The Morgan fingerprint density at radius 1 is 1.15 bits per heavy atom. The molecule has 2 aromatic rings. The fourth-order valence-electron chi connectivity index (χ4n) is 4.32. The smallest absolute Gasteiger partial charge is 0.262 e. The highest BCUT2D eigenvalue weighted by Crippen LogP contribution is 2.25. The van der Waals surface area contributed by atoms with Gasteiger partial charge in [-0.2, -0.15) is 5.26 Å². The van der Waals surface area contributed by atoms with Gasteiger partial charge < -0.3 is 30.1 Å². The number of piperazine rings is 1. The zero-order valence-corrected chi connectivity index (χ0v) is 18.8. The summed E-state index contributed by atoms with van der Waals surface area (Å²) < 4.78 is 5.32. The first-order valence-electron chi connectivity index (χ1n) is 11.3. The second-order valence-electron chi connectivity index (χ2n) is 8.80. The summed E-state index contributed by atoms with van der Waals surface area (Å²) in [5, 5.41) is 33.6. The summed E-state index contributed by atoms with van der Waals surface area (Å²) in [5.41, 5.74) is 1.96. The van der Waals surface area contributed by atoms with Crippen molar-refractivity contribution in [1.82, 2.24) is 10.2 Å². The Morgan fingerprint density at radius 2 is 1.88 bits per heavy atom. The fraction of sp³-hybridized carbons (Fsp3) is 0.440. The molecule has 8 heteroatoms. The Labute approximate surface area is 193 Å². The van der Waals surface area contributed by atoms with Crippen LogP contribution >= 0.6 is 0 Å². The van der Waals surface area contributed by atoms with E-state index in [9.17, 15) is 20.3 Å². The number of hydrogen-bond acceptors (Lipinski definition) is 7. The molecule has 3 N–H and O–H groups in total. The Hall–Kier alpha value is -2.96. The number of aliphatic hydroxyl groups is 2. The van der Waals surface area contributed by atoms with E-state index in [0.717, 1.165) is 42.5 Å². The molecule has 0 aromatic heterocycles. The van der Waals surface area contributed by atoms with Crippen LogP contribution in [0.25, 0.3) is 16.8 Å². The summed E-state index contributed by atoms with van der Waals surface area (Å²) in [5.74, 6) is -0.513. The van der Waals surface area contributed by atoms with Gasteiger partial charge in [0.15, 0.2) is 6.29 Å². The molecule has 3 atom stereocenters. The number of nitrogens with one attached hydrogen (secondary N) is 1. The van der Waals surface area contributed by atoms with Gasteiger partial charge in [-0.15, -0.1) is 0 Å². The van der Waals surface area contributed by atoms with Gasteiger partial charge in [-0.25, -0.2) is 0 Å². The summed E-state index contributed by atoms with van der Waals surface area (Å²) in [6.45, 7) is 4.23. The van der Waals surface area contributed by atoms with Crippen LogP contribution in [-0.2, 0) is 9.53 Å². The molecule has 3 unspecified atom stereocenters. The zero-order valence-electron chi connectivity index (χ0n) is 18.8. The number of rotatable bonds is 5. The number of ether oxygens (including phenoxy) is 1. The SMILES string of the molecule is CN1CCN(c2ccc3cc(/C=C(\C#N)C(=O)NCC4CC(O)CC(O)O4)ccc3c2)CC1. The molecule has 0 bridgehead atoms. The molecular weight excluding hydrogens is 420 g/mol. The summed E-state index contributed by atoms with van der Waals surface area (Å²) in [7, 11) is 2.14. The van der Waals surface area contributed by atoms with E-state index in [4.69, 9.17) is 4.74 Å². The van der Waals surface area contributed by atoms with Gasteiger partial charge in [-0.1, -0.05) is 18.2 Å². The molecule has 0 spiro atoms. The Morgan fingerprint density at radius 3 is 2.61 bits per heavy atom. The van der Waals surface area contributed by atoms with Crippen molar-refractivity contribution in [2.45, 2.75) is 31.3 Å². The molecule has 2 heterocycles. The van der Waals surface area contributed by atoms with Gasteiger partial charge in [0.05, 0.1) is 12.2 Å². The first kappa shape index (κ1) is 23.2. The number of carbonyl (C=O) groups excluding carboxylic acids is 1. The number of benzene rings is 2. The fourth-order valence-corrected chi connectivity index (χ4v) is 4.32. The number of aliphatic hydroxyl groups excluding tert-OH is 2. The van der Waals surface area contributed by atoms with Crippen molar-refractivity contribution in [3.05, 3.63) is 47.5 Å². The van der Waals surface area contributed by atoms with Crippen molar-refractivity contribution < 1.29 is 19.7 Å². The van der Waals surface area contributed by atoms with Crippen molar-refractivity contribution in [2.24, 2.45) is 0 Å². The lowest BCUT2D eigenvalue weighted by molar-refractivity contribution is -0.187. The van der Waals surface area contributed by atoms with E-state index in [1.165, 1.54) is 5.69 Å². The number of nitrogens with zero attached hydrogens (tertiary/aromatic N) is 3. The number of fused-ring (bicyclic) bond motifs is 1. The quantitative estimate of drug-likeness (QED) is 0.468. The van der Waals surface area contributed by atoms with Crippen LogP contribution in [0.2, 0.25) is 0 Å². The lowest BCUT2D eigenvalue weighted by Crippen LogP contribution is -2.44. The molecule has 0 radical (unpaired) electrons. The molecule has 2 aliphatic rings. The average Bonchev–Trinajstić information content (AvgIpc) is 2.80. The van der Waals surface area contributed by atoms with Crippen molar-refractivity contribution in [3.63, 3.8) is 0 Å². The molecule has 0 aliphatic carbocycles. The van der Waals surface area contributed by atoms with Crippen LogP contribution in [0.1, 0.15) is 18.4 Å². The van der Waals surface area contributed by atoms with Gasteiger partial charge in [0.25, 0.3) is 5.91 Å². The maximum atomic E-state index is 12.5. The molecule has 2 aromatic carbocycles. The molecule has 2 saturated heterocycles. The summed E-state index contributed by atoms with van der Waals surface area (Å²) in [4.78, 5) is 17.2. The molecular formula is C25H30N4O4. The summed E-state index contributed by atoms with van der Waals surface area (Å²) in [6, 6.07) is 14.2. The third kappa shape index (κ3) is 5.89. The molecule has 2 aliphatic heterocycles. The van der Waals surface area contributed by atoms with Crippen LogP contribution < -0.4 is 10.2 Å². The number of carbonyl (C=O) groups is 1. The largest absolute Gasteiger partial charge is 0.393 e. The van der Waals surface area contributed by atoms with E-state index in [2.05, 4.69) is 40.4 Å². The minimum Gasteiger partial charge on any atom is -0.393 e. The monoisotopic (exact) mass is 450 g/mol. The van der Waals surface area contributed by atoms with Crippen LogP contribution in [0.4, 0.5) is 5.69 Å². The van der Waals surface area contributed by atoms with Crippen LogP contribution in [-0.4, -0.2) is 79.3 Å². The van der Waals surface area contributed by atoms with Gasteiger partial charge in [0.1, 0.15) is 11.6 Å². The molecule has 1 amide bonds. The Bertz CT molecular complexity index is 1060. The van der Waals surface area contributed by atoms with Gasteiger partial charge >= 0.3 is 0 Å². The number of anilines is 1. The summed E-state index contributed by atoms with van der Waals surface area (Å²) in [6.07, 6.45) is -0.167. The zero-order chi connectivity index (χ0) is 23.4. The second kappa shape index (κ2) is 10.3. The normalized spacial score (nSPS) is 24.5. The van der Waals surface area contributed by atoms with Crippen molar-refractivity contribution in [1.29, 1.82) is 5.26 Å². The van der Waals surface area contributed by atoms with Gasteiger partial charge in [0, 0.05) is 51.3 Å². The third-order valence-corrected chi connectivity index (χ3v) is 6.24. The molecule has 33 heavy (non-hydrogen) atoms. The van der Waals surface area contributed by atoms with Crippen molar-refractivity contribution >= 4 is 28.4 Å². The van der Waals surface area contributed by atoms with Crippen LogP contribution in [0, 0.1) is 11.3 Å². The third-order valence-electron chi connectivity index (χ3n) is 6.24. The van der Waals surface area contributed by atoms with E-state index >= 15 is 0 Å². The lowest BCUT2D eigenvalue weighted by Gasteiger charge is -2.34. The van der Waals surface area contributed by atoms with Crippen LogP contribution in [0.15, 0.2) is 42.0 Å². The minimum atomic E-state index is -1.05. The molecule has 0 saturated carbocycles. The standard InChI is InChI=1S/C25H30N4O4/c1-28-6-8-29(9-7-28)21-5-4-18-10-17(2-3-19(18)12-21)11-20(15-26)25(32)27-16-23-13-22(30)14-24(31)33-23/h2-5,10-12,22-24,30-31H,6-9,13-14,16H2,1H3,(H,27,32)/b20-11+. The summed E-state index contributed by atoms with van der Waals surface area (Å²) >= 11 is 0. The van der Waals surface area contributed by atoms with Gasteiger partial charge in [-0.3, -0.25) is 4.79 Å². The van der Waals surface area contributed by atoms with E-state index in [1.54, 1.807) is 6.08 Å². The maximum absolute atomic E-state index is 12.5. The number of nitriles is 1. The Balaban J connectivity index is 1.43. The topological polar surface area (TPSA) is 109 Å². The highest BCUT2D eigenvalue weighted by atomic mass is 16.6. The lowest BCUT2D eigenvalue weighted by atomic mass is 10.0. The average molecular weight is 451 g/mol. The van der Waals surface area contributed by atoms with Crippen molar-refractivity contribution in [2.75, 3.05) is 44.7 Å². The van der Waals surface area contributed by atoms with E-state index < -0.39 is 24.4 Å². The molecule has 174 valence electrons. The first-order valence-corrected chi connectivity index (χ1v) is 11.3. The van der Waals surface area contributed by atoms with Crippen LogP contribution in [0.3, 0.4) is 0 Å². The number of hydrogen-bond donors (Lipinski definition) is 3. The predicted octanol–water partition coefficient (Wildman–Crippen LogP) is 1.47. The maximum Gasteiger partial charge on any atom is 0.262 e. The number of likely N-dealkylation sites (N-methyl/N-ethyl adjacent to an activating group) is 1. The van der Waals surface area contributed by atoms with E-state index in [-0.39, 0.29) is 18.5 Å². The van der Waals surface area contributed by atoms with Crippen LogP contribution in [0.5, 0.6) is 0 Å². The van der Waals surface area contributed by atoms with Crippen molar-refractivity contribution in [3.8, 4) is 6.07 Å². The predicted molar refractivity (Wildman–Crippen MR) is 126 cm³/mol. The number of amides is 1. The minimum absolute atomic E-state index is 0.0136. The van der Waals surface area contributed by atoms with Gasteiger partial charge in [0.2, 0.25) is 0 Å². The Kier molecular flexibility index (Phi) is 7.26. The molecule has 8 nitrogen and oxygen atoms in total. The molecule has 2 fully saturated rings.